The molecule has 0 bridgehead atoms. The van der Waals surface area contributed by atoms with E-state index < -0.39 is 0 Å². The number of likely N-dealkylation sites (tertiary alicyclic amines) is 1. The largest absolute Gasteiger partial charge is 0.489 e. The van der Waals surface area contributed by atoms with Crippen LogP contribution in [0, 0.1) is 11.3 Å². The van der Waals surface area contributed by atoms with Gasteiger partial charge in [-0.2, -0.15) is 5.26 Å². The van der Waals surface area contributed by atoms with E-state index in [9.17, 15) is 0 Å². The SMILES string of the molecule is CCCCN1CCC(Oc2ccc(C#N)cc2)C1. The number of hydrogen-bond acceptors (Lipinski definition) is 3. The predicted molar refractivity (Wildman–Crippen MR) is 71.5 cm³/mol. The molecule has 0 aromatic heterocycles. The number of rotatable bonds is 5. The molecule has 3 nitrogen and oxygen atoms in total. The zero-order valence-corrected chi connectivity index (χ0v) is 10.9. The molecule has 1 atom stereocenters. The van der Waals surface area contributed by atoms with Crippen molar-refractivity contribution < 1.29 is 4.74 Å². The fourth-order valence-corrected chi connectivity index (χ4v) is 2.28. The van der Waals surface area contributed by atoms with Crippen molar-refractivity contribution in [2.24, 2.45) is 0 Å². The number of ether oxygens (including phenoxy) is 1. The van der Waals surface area contributed by atoms with E-state index in [-0.39, 0.29) is 0 Å². The molecule has 1 unspecified atom stereocenters. The number of unbranched alkanes of at least 4 members (excludes halogenated alkanes) is 1. The summed E-state index contributed by atoms with van der Waals surface area (Å²) in [4.78, 5) is 2.47. The maximum Gasteiger partial charge on any atom is 0.119 e. The van der Waals surface area contributed by atoms with E-state index in [4.69, 9.17) is 10.00 Å². The Morgan fingerprint density at radius 3 is 2.83 bits per heavy atom. The zero-order valence-electron chi connectivity index (χ0n) is 10.9. The molecule has 3 heteroatoms. The summed E-state index contributed by atoms with van der Waals surface area (Å²) in [5, 5.41) is 8.73. The second-order valence-corrected chi connectivity index (χ2v) is 4.82. The van der Waals surface area contributed by atoms with Gasteiger partial charge in [-0.25, -0.2) is 0 Å². The van der Waals surface area contributed by atoms with Crippen LogP contribution >= 0.6 is 0 Å². The molecule has 96 valence electrons. The highest BCUT2D eigenvalue weighted by Gasteiger charge is 2.23. The second-order valence-electron chi connectivity index (χ2n) is 4.82. The van der Waals surface area contributed by atoms with Crippen molar-refractivity contribution in [3.63, 3.8) is 0 Å². The molecule has 1 aromatic rings. The monoisotopic (exact) mass is 244 g/mol. The Morgan fingerprint density at radius 2 is 2.17 bits per heavy atom. The van der Waals surface area contributed by atoms with Gasteiger partial charge < -0.3 is 4.74 Å². The molecule has 0 N–H and O–H groups in total. The topological polar surface area (TPSA) is 36.3 Å². The fourth-order valence-electron chi connectivity index (χ4n) is 2.28. The third-order valence-electron chi connectivity index (χ3n) is 3.34. The van der Waals surface area contributed by atoms with Crippen LogP contribution in [0.1, 0.15) is 31.7 Å². The highest BCUT2D eigenvalue weighted by Crippen LogP contribution is 2.19. The molecule has 1 aliphatic heterocycles. The van der Waals surface area contributed by atoms with Gasteiger partial charge in [0.25, 0.3) is 0 Å². The Kier molecular flexibility index (Phi) is 4.60. The normalized spacial score (nSPS) is 19.7. The van der Waals surface area contributed by atoms with Crippen LogP contribution in [0.15, 0.2) is 24.3 Å². The van der Waals surface area contributed by atoms with Crippen LogP contribution < -0.4 is 4.74 Å². The van der Waals surface area contributed by atoms with Gasteiger partial charge >= 0.3 is 0 Å². The van der Waals surface area contributed by atoms with E-state index in [0.717, 1.165) is 25.3 Å². The van der Waals surface area contributed by atoms with Gasteiger partial charge in [-0.15, -0.1) is 0 Å². The highest BCUT2D eigenvalue weighted by molar-refractivity contribution is 5.34. The Balaban J connectivity index is 1.82. The summed E-state index contributed by atoms with van der Waals surface area (Å²) < 4.78 is 5.93. The predicted octanol–water partition coefficient (Wildman–Crippen LogP) is 2.81. The number of nitriles is 1. The van der Waals surface area contributed by atoms with Crippen molar-refractivity contribution in [2.75, 3.05) is 19.6 Å². The van der Waals surface area contributed by atoms with Crippen LogP contribution in [-0.4, -0.2) is 30.6 Å². The minimum absolute atomic E-state index is 0.301. The number of nitrogens with zero attached hydrogens (tertiary/aromatic N) is 2. The maximum absolute atomic E-state index is 8.73. The van der Waals surface area contributed by atoms with Crippen LogP contribution in [0.3, 0.4) is 0 Å². The van der Waals surface area contributed by atoms with Crippen LogP contribution in [-0.2, 0) is 0 Å². The zero-order chi connectivity index (χ0) is 12.8. The molecular weight excluding hydrogens is 224 g/mol. The van der Waals surface area contributed by atoms with E-state index in [1.165, 1.54) is 19.4 Å². The van der Waals surface area contributed by atoms with Crippen molar-refractivity contribution in [1.29, 1.82) is 5.26 Å². The molecule has 0 amide bonds. The number of hydrogen-bond donors (Lipinski definition) is 0. The van der Waals surface area contributed by atoms with E-state index in [1.54, 1.807) is 12.1 Å². The van der Waals surface area contributed by atoms with Crippen LogP contribution in [0.4, 0.5) is 0 Å². The van der Waals surface area contributed by atoms with Crippen molar-refractivity contribution in [3.05, 3.63) is 29.8 Å². The van der Waals surface area contributed by atoms with Gasteiger partial charge in [0.1, 0.15) is 11.9 Å². The molecule has 0 spiro atoms. The lowest BCUT2D eigenvalue weighted by Gasteiger charge is -2.16. The smallest absolute Gasteiger partial charge is 0.119 e. The summed E-state index contributed by atoms with van der Waals surface area (Å²) in [5.74, 6) is 0.872. The van der Waals surface area contributed by atoms with Gasteiger partial charge in [0.2, 0.25) is 0 Å². The fraction of sp³-hybridized carbons (Fsp3) is 0.533. The molecule has 18 heavy (non-hydrogen) atoms. The average Bonchev–Trinajstić information content (AvgIpc) is 2.85. The summed E-state index contributed by atoms with van der Waals surface area (Å²) in [6, 6.07) is 9.49. The lowest BCUT2D eigenvalue weighted by atomic mass is 10.2. The van der Waals surface area contributed by atoms with Crippen LogP contribution in [0.25, 0.3) is 0 Å². The molecule has 0 radical (unpaired) electrons. The Bertz CT molecular complexity index is 407. The highest BCUT2D eigenvalue weighted by atomic mass is 16.5. The van der Waals surface area contributed by atoms with E-state index in [2.05, 4.69) is 17.9 Å². The molecule has 0 saturated carbocycles. The van der Waals surface area contributed by atoms with E-state index >= 15 is 0 Å². The molecule has 2 rings (SSSR count). The minimum Gasteiger partial charge on any atom is -0.489 e. The molecule has 1 aliphatic rings. The lowest BCUT2D eigenvalue weighted by molar-refractivity contribution is 0.199. The van der Waals surface area contributed by atoms with Gasteiger partial charge in [0.15, 0.2) is 0 Å². The maximum atomic E-state index is 8.73. The Hall–Kier alpha value is -1.53. The first-order valence-electron chi connectivity index (χ1n) is 6.71. The molecule has 1 fully saturated rings. The molecular formula is C15H20N2O. The molecule has 1 heterocycles. The summed E-state index contributed by atoms with van der Waals surface area (Å²) in [5.41, 5.74) is 0.679. The van der Waals surface area contributed by atoms with Crippen LogP contribution in [0.5, 0.6) is 5.75 Å². The van der Waals surface area contributed by atoms with Crippen molar-refractivity contribution in [1.82, 2.24) is 4.90 Å². The van der Waals surface area contributed by atoms with Gasteiger partial charge in [-0.3, -0.25) is 4.90 Å². The first-order valence-corrected chi connectivity index (χ1v) is 6.71. The summed E-state index contributed by atoms with van der Waals surface area (Å²) in [6.07, 6.45) is 3.92. The van der Waals surface area contributed by atoms with Gasteiger partial charge in [0.05, 0.1) is 11.6 Å². The standard InChI is InChI=1S/C15H20N2O/c1-2-3-9-17-10-8-15(12-17)18-14-6-4-13(11-16)5-7-14/h4-7,15H,2-3,8-10,12H2,1H3. The second kappa shape index (κ2) is 6.42. The number of benzene rings is 1. The summed E-state index contributed by atoms with van der Waals surface area (Å²) in [6.45, 7) is 5.57. The molecule has 0 aliphatic carbocycles. The summed E-state index contributed by atoms with van der Waals surface area (Å²) >= 11 is 0. The van der Waals surface area contributed by atoms with Crippen molar-refractivity contribution in [2.45, 2.75) is 32.3 Å². The Morgan fingerprint density at radius 1 is 1.39 bits per heavy atom. The average molecular weight is 244 g/mol. The first-order chi connectivity index (χ1) is 8.81. The molecule has 1 aromatic carbocycles. The molecule has 1 saturated heterocycles. The first kappa shape index (κ1) is 12.9. The van der Waals surface area contributed by atoms with Gasteiger partial charge in [-0.05, 0) is 43.7 Å². The summed E-state index contributed by atoms with van der Waals surface area (Å²) in [7, 11) is 0. The van der Waals surface area contributed by atoms with Crippen molar-refractivity contribution in [3.8, 4) is 11.8 Å². The third-order valence-corrected chi connectivity index (χ3v) is 3.34. The third kappa shape index (κ3) is 3.48. The Labute approximate surface area is 109 Å². The van der Waals surface area contributed by atoms with Crippen molar-refractivity contribution >= 4 is 0 Å². The van der Waals surface area contributed by atoms with Crippen LogP contribution in [0.2, 0.25) is 0 Å². The van der Waals surface area contributed by atoms with E-state index in [0.29, 0.717) is 11.7 Å². The quantitative estimate of drug-likeness (QED) is 0.799. The van der Waals surface area contributed by atoms with Gasteiger partial charge in [-0.1, -0.05) is 13.3 Å². The van der Waals surface area contributed by atoms with Gasteiger partial charge in [0, 0.05) is 13.1 Å². The van der Waals surface area contributed by atoms with E-state index in [1.807, 2.05) is 12.1 Å². The lowest BCUT2D eigenvalue weighted by Crippen LogP contribution is -2.25. The minimum atomic E-state index is 0.301.